The Balaban J connectivity index is 1.30. The third kappa shape index (κ3) is 4.93. The number of hydrogen-bond donors (Lipinski definition) is 3. The molecule has 7 heteroatoms. The molecule has 1 fully saturated rings. The van der Waals surface area contributed by atoms with Crippen LogP contribution in [0.1, 0.15) is 63.0 Å². The molecule has 0 aromatic heterocycles. The van der Waals surface area contributed by atoms with Crippen LogP contribution in [0.4, 0.5) is 4.79 Å². The second kappa shape index (κ2) is 9.87. The topological polar surface area (TPSA) is 105 Å². The van der Waals surface area contributed by atoms with E-state index in [0.29, 0.717) is 12.8 Å². The van der Waals surface area contributed by atoms with Gasteiger partial charge in [-0.2, -0.15) is 0 Å². The van der Waals surface area contributed by atoms with Gasteiger partial charge < -0.3 is 20.5 Å². The van der Waals surface area contributed by atoms with Gasteiger partial charge in [0.05, 0.1) is 11.5 Å². The van der Waals surface area contributed by atoms with Crippen LogP contribution in [0.3, 0.4) is 0 Å². The van der Waals surface area contributed by atoms with Crippen molar-refractivity contribution in [2.24, 2.45) is 5.92 Å². The largest absolute Gasteiger partial charge is 0.481 e. The Morgan fingerprint density at radius 2 is 1.68 bits per heavy atom. The van der Waals surface area contributed by atoms with Crippen LogP contribution < -0.4 is 10.6 Å². The Kier molecular flexibility index (Phi) is 6.91. The van der Waals surface area contributed by atoms with Crippen LogP contribution in [0.5, 0.6) is 0 Å². The smallest absolute Gasteiger partial charge is 0.407 e. The van der Waals surface area contributed by atoms with Crippen molar-refractivity contribution in [2.75, 3.05) is 6.61 Å². The quantitative estimate of drug-likeness (QED) is 0.561. The number of carbonyl (C=O) groups is 3. The number of ether oxygens (including phenoxy) is 1. The lowest BCUT2D eigenvalue weighted by atomic mass is 9.74. The van der Waals surface area contributed by atoms with Gasteiger partial charge in [0.25, 0.3) is 0 Å². The second-order valence-corrected chi connectivity index (χ2v) is 9.68. The standard InChI is InChI=1S/C27H32N2O5/c1-17(15-24(30)29-27(2)14-8-7-13-23(27)25(31)32)28-26(33)34-16-22-20-11-5-3-9-18(20)19-10-4-6-12-21(19)22/h3-6,9-12,17,22-23H,7-8,13-16H2,1-2H3,(H,28,33)(H,29,30)(H,31,32). The molecule has 0 spiro atoms. The summed E-state index contributed by atoms with van der Waals surface area (Å²) >= 11 is 0. The van der Waals surface area contributed by atoms with Gasteiger partial charge in [-0.15, -0.1) is 0 Å². The van der Waals surface area contributed by atoms with E-state index in [4.69, 9.17) is 4.74 Å². The minimum Gasteiger partial charge on any atom is -0.481 e. The van der Waals surface area contributed by atoms with Crippen LogP contribution in [0, 0.1) is 5.92 Å². The summed E-state index contributed by atoms with van der Waals surface area (Å²) in [5.74, 6) is -1.79. The van der Waals surface area contributed by atoms with Crippen LogP contribution in [0.2, 0.25) is 0 Å². The van der Waals surface area contributed by atoms with E-state index in [1.807, 2.05) is 24.3 Å². The zero-order chi connectivity index (χ0) is 24.3. The number of benzene rings is 2. The van der Waals surface area contributed by atoms with Crippen molar-refractivity contribution >= 4 is 18.0 Å². The summed E-state index contributed by atoms with van der Waals surface area (Å²) in [5.41, 5.74) is 3.82. The molecule has 0 bridgehead atoms. The molecule has 0 aliphatic heterocycles. The van der Waals surface area contributed by atoms with Gasteiger partial charge in [-0.1, -0.05) is 61.4 Å². The molecular formula is C27H32N2O5. The van der Waals surface area contributed by atoms with E-state index in [9.17, 15) is 19.5 Å². The van der Waals surface area contributed by atoms with E-state index in [-0.39, 0.29) is 24.9 Å². The minimum absolute atomic E-state index is 0.0315. The molecule has 0 saturated heterocycles. The number of alkyl carbamates (subject to hydrolysis) is 1. The van der Waals surface area contributed by atoms with Crippen molar-refractivity contribution in [3.8, 4) is 11.1 Å². The van der Waals surface area contributed by atoms with Crippen LogP contribution >= 0.6 is 0 Å². The first kappa shape index (κ1) is 23.8. The maximum atomic E-state index is 12.6. The van der Waals surface area contributed by atoms with E-state index >= 15 is 0 Å². The van der Waals surface area contributed by atoms with Crippen molar-refractivity contribution < 1.29 is 24.2 Å². The van der Waals surface area contributed by atoms with Gasteiger partial charge in [-0.3, -0.25) is 9.59 Å². The van der Waals surface area contributed by atoms with E-state index in [0.717, 1.165) is 35.1 Å². The number of carboxylic acids is 1. The summed E-state index contributed by atoms with van der Waals surface area (Å²) in [7, 11) is 0. The summed E-state index contributed by atoms with van der Waals surface area (Å²) in [6.45, 7) is 3.74. The van der Waals surface area contributed by atoms with Gasteiger partial charge in [0, 0.05) is 18.4 Å². The molecule has 2 aliphatic carbocycles. The van der Waals surface area contributed by atoms with Crippen molar-refractivity contribution in [3.63, 3.8) is 0 Å². The Hall–Kier alpha value is -3.35. The fourth-order valence-electron chi connectivity index (χ4n) is 5.42. The number of nitrogens with one attached hydrogen (secondary N) is 2. The number of rotatable bonds is 7. The first-order valence-corrected chi connectivity index (χ1v) is 11.9. The zero-order valence-corrected chi connectivity index (χ0v) is 19.7. The number of aliphatic carboxylic acids is 1. The molecule has 180 valence electrons. The van der Waals surface area contributed by atoms with E-state index in [2.05, 4.69) is 34.9 Å². The maximum Gasteiger partial charge on any atom is 0.407 e. The minimum atomic E-state index is -0.882. The van der Waals surface area contributed by atoms with Crippen LogP contribution in [0.15, 0.2) is 48.5 Å². The molecule has 2 aliphatic rings. The monoisotopic (exact) mass is 464 g/mol. The Morgan fingerprint density at radius 3 is 2.29 bits per heavy atom. The Labute approximate surface area is 199 Å². The van der Waals surface area contributed by atoms with Crippen molar-refractivity contribution in [2.45, 2.75) is 63.5 Å². The highest BCUT2D eigenvalue weighted by molar-refractivity contribution is 5.81. The molecule has 1 saturated carbocycles. The SMILES string of the molecule is CC(CC(=O)NC1(C)CCCCC1C(=O)O)NC(=O)OCC1c2ccccc2-c2ccccc21. The summed E-state index contributed by atoms with van der Waals surface area (Å²) in [6, 6.07) is 15.8. The fraction of sp³-hybridized carbons (Fsp3) is 0.444. The predicted octanol–water partition coefficient (Wildman–Crippen LogP) is 4.45. The van der Waals surface area contributed by atoms with Crippen molar-refractivity contribution in [1.82, 2.24) is 10.6 Å². The Bertz CT molecular complexity index is 1040. The zero-order valence-electron chi connectivity index (χ0n) is 19.7. The van der Waals surface area contributed by atoms with Gasteiger partial charge in [-0.25, -0.2) is 4.79 Å². The first-order valence-electron chi connectivity index (χ1n) is 11.9. The molecule has 2 amide bonds. The molecule has 3 atom stereocenters. The summed E-state index contributed by atoms with van der Waals surface area (Å²) in [6.07, 6.45) is 2.39. The van der Waals surface area contributed by atoms with Gasteiger partial charge in [0.1, 0.15) is 6.61 Å². The average molecular weight is 465 g/mol. The normalized spacial score (nSPS) is 22.2. The summed E-state index contributed by atoms with van der Waals surface area (Å²) < 4.78 is 5.55. The molecule has 4 rings (SSSR count). The third-order valence-electron chi connectivity index (χ3n) is 7.13. The maximum absolute atomic E-state index is 12.6. The average Bonchev–Trinajstić information content (AvgIpc) is 3.11. The molecule has 7 nitrogen and oxygen atoms in total. The van der Waals surface area contributed by atoms with Gasteiger partial charge in [0.15, 0.2) is 0 Å². The lowest BCUT2D eigenvalue weighted by Gasteiger charge is -2.40. The summed E-state index contributed by atoms with van der Waals surface area (Å²) in [5, 5.41) is 15.2. The molecule has 3 unspecified atom stereocenters. The van der Waals surface area contributed by atoms with Gasteiger partial charge in [-0.05, 0) is 48.9 Å². The molecule has 0 heterocycles. The van der Waals surface area contributed by atoms with Gasteiger partial charge in [0.2, 0.25) is 5.91 Å². The third-order valence-corrected chi connectivity index (χ3v) is 7.13. The highest BCUT2D eigenvalue weighted by Crippen LogP contribution is 2.44. The van der Waals surface area contributed by atoms with Crippen LogP contribution in [-0.2, 0) is 14.3 Å². The van der Waals surface area contributed by atoms with E-state index < -0.39 is 29.6 Å². The second-order valence-electron chi connectivity index (χ2n) is 9.68. The molecule has 0 radical (unpaired) electrons. The number of hydrogen-bond acceptors (Lipinski definition) is 4. The molecule has 3 N–H and O–H groups in total. The number of carbonyl (C=O) groups excluding carboxylic acids is 2. The van der Waals surface area contributed by atoms with E-state index in [1.165, 1.54) is 0 Å². The van der Waals surface area contributed by atoms with E-state index in [1.54, 1.807) is 13.8 Å². The number of carboxylic acid groups (broad SMARTS) is 1. The number of fused-ring (bicyclic) bond motifs is 3. The molecule has 2 aromatic carbocycles. The predicted molar refractivity (Wildman–Crippen MR) is 128 cm³/mol. The number of amides is 2. The van der Waals surface area contributed by atoms with Crippen LogP contribution in [0.25, 0.3) is 11.1 Å². The lowest BCUT2D eigenvalue weighted by molar-refractivity contribution is -0.146. The van der Waals surface area contributed by atoms with Crippen molar-refractivity contribution in [3.05, 3.63) is 59.7 Å². The first-order chi connectivity index (χ1) is 16.3. The molecule has 2 aromatic rings. The van der Waals surface area contributed by atoms with Crippen LogP contribution in [-0.4, -0.2) is 41.3 Å². The van der Waals surface area contributed by atoms with Crippen molar-refractivity contribution in [1.29, 1.82) is 0 Å². The molecule has 34 heavy (non-hydrogen) atoms. The molecular weight excluding hydrogens is 432 g/mol. The highest BCUT2D eigenvalue weighted by Gasteiger charge is 2.42. The fourth-order valence-corrected chi connectivity index (χ4v) is 5.42. The van der Waals surface area contributed by atoms with Gasteiger partial charge >= 0.3 is 12.1 Å². The highest BCUT2D eigenvalue weighted by atomic mass is 16.5. The summed E-state index contributed by atoms with van der Waals surface area (Å²) in [4.78, 5) is 36.7. The lowest BCUT2D eigenvalue weighted by Crippen LogP contribution is -2.56. The Morgan fingerprint density at radius 1 is 1.06 bits per heavy atom.